The van der Waals surface area contributed by atoms with E-state index < -0.39 is 6.17 Å². The van der Waals surface area contributed by atoms with Crippen molar-refractivity contribution >= 4 is 22.6 Å². The average molecular weight is 665 g/mol. The number of halogens is 1. The lowest BCUT2D eigenvalue weighted by Gasteiger charge is -2.41. The van der Waals surface area contributed by atoms with E-state index in [-0.39, 0.29) is 48.4 Å². The van der Waals surface area contributed by atoms with Crippen LogP contribution in [0.2, 0.25) is 0 Å². The topological polar surface area (TPSA) is 115 Å². The molecule has 2 unspecified atom stereocenters. The van der Waals surface area contributed by atoms with Crippen LogP contribution in [0, 0.1) is 17.2 Å². The van der Waals surface area contributed by atoms with Gasteiger partial charge < -0.3 is 24.4 Å². The number of amides is 1. The van der Waals surface area contributed by atoms with E-state index in [9.17, 15) is 19.6 Å². The minimum absolute atomic E-state index is 0.0241. The number of carbonyl (C=O) groups excluding carboxylic acids is 1. The summed E-state index contributed by atoms with van der Waals surface area (Å²) < 4.78 is 27.8. The van der Waals surface area contributed by atoms with Gasteiger partial charge in [-0.2, -0.15) is 15.2 Å². The van der Waals surface area contributed by atoms with E-state index in [4.69, 9.17) is 19.4 Å². The zero-order chi connectivity index (χ0) is 33.4. The quantitative estimate of drug-likeness (QED) is 0.306. The first-order valence-electron chi connectivity index (χ1n) is 17.8. The van der Waals surface area contributed by atoms with Gasteiger partial charge in [-0.25, -0.2) is 4.39 Å². The number of hydrogen-bond acceptors (Lipinski definition) is 9. The number of ether oxygens (including phenoxy) is 2. The number of carbonyl (C=O) groups is 1. The summed E-state index contributed by atoms with van der Waals surface area (Å²) in [5, 5.41) is 22.2. The molecule has 1 N–H and O–H groups in total. The number of rotatable bonds is 9. The molecule has 6 aliphatic rings. The molecule has 3 aromatic rings. The second-order valence-electron chi connectivity index (χ2n) is 14.9. The smallest absolute Gasteiger partial charge is 0.319 e. The standard InChI is InChI=1S/C38H41FN6O4/c1-2-32(47)45-14-13-43(20-24(45)9-11-40)36-30-17-31(46)33(27-6-3-5-26-28-15-22(28)16-29(26)27)35(49-25-7-8-25)34(30)41-37(42-36)48-21-38-10-4-12-44(38)19-23(39)18-38/h2-3,5-6,17,22-25,28,46H,1,4,7-10,12-16,18-21H2/t22?,23-,24+,28?,38+/m1/s1. The van der Waals surface area contributed by atoms with E-state index in [1.54, 1.807) is 11.0 Å². The minimum atomic E-state index is -0.883. The Morgan fingerprint density at radius 3 is 2.92 bits per heavy atom. The summed E-state index contributed by atoms with van der Waals surface area (Å²) in [7, 11) is 0. The summed E-state index contributed by atoms with van der Waals surface area (Å²) in [6, 6.07) is 10.1. The maximum Gasteiger partial charge on any atom is 0.319 e. The predicted octanol–water partition coefficient (Wildman–Crippen LogP) is 5.28. The van der Waals surface area contributed by atoms with Gasteiger partial charge in [-0.05, 0) is 85.7 Å². The molecule has 0 spiro atoms. The van der Waals surface area contributed by atoms with Gasteiger partial charge in [-0.1, -0.05) is 24.8 Å². The molecule has 1 aromatic heterocycles. The molecular weight excluding hydrogens is 623 g/mol. The maximum absolute atomic E-state index is 14.7. The molecule has 0 bridgehead atoms. The van der Waals surface area contributed by atoms with Crippen molar-refractivity contribution in [1.29, 1.82) is 5.26 Å². The minimum Gasteiger partial charge on any atom is -0.507 e. The zero-order valence-corrected chi connectivity index (χ0v) is 27.6. The lowest BCUT2D eigenvalue weighted by atomic mass is 9.92. The molecule has 0 radical (unpaired) electrons. The number of phenols is 1. The van der Waals surface area contributed by atoms with Crippen molar-refractivity contribution in [2.24, 2.45) is 5.92 Å². The number of aromatic hydroxyl groups is 1. The second kappa shape index (κ2) is 11.6. The number of nitriles is 1. The highest BCUT2D eigenvalue weighted by atomic mass is 19.1. The van der Waals surface area contributed by atoms with E-state index in [0.717, 1.165) is 44.2 Å². The van der Waals surface area contributed by atoms with Crippen LogP contribution in [0.4, 0.5) is 10.2 Å². The van der Waals surface area contributed by atoms with E-state index in [0.29, 0.717) is 72.5 Å². The SMILES string of the molecule is C=CC(=O)N1CCN(c2nc(OC[C@@]34CCCN3C[C@H](F)C4)nc3c(OC4CC4)c(-c4cccc5c4CC4CC54)c(O)cc23)C[C@@H]1CC#N. The number of benzene rings is 2. The molecule has 5 fully saturated rings. The molecule has 5 atom stereocenters. The van der Waals surface area contributed by atoms with Crippen molar-refractivity contribution in [2.45, 2.75) is 81.1 Å². The number of anilines is 1. The van der Waals surface area contributed by atoms with Crippen LogP contribution < -0.4 is 14.4 Å². The fourth-order valence-electron chi connectivity index (χ4n) is 9.13. The van der Waals surface area contributed by atoms with E-state index in [1.807, 2.05) is 4.90 Å². The molecule has 49 heavy (non-hydrogen) atoms. The summed E-state index contributed by atoms with van der Waals surface area (Å²) >= 11 is 0. The largest absolute Gasteiger partial charge is 0.507 e. The van der Waals surface area contributed by atoms with Crippen LogP contribution in [0.3, 0.4) is 0 Å². The fraction of sp³-hybridized carbons (Fsp3) is 0.526. The molecule has 1 amide bonds. The van der Waals surface area contributed by atoms with Gasteiger partial charge >= 0.3 is 6.01 Å². The van der Waals surface area contributed by atoms with Gasteiger partial charge in [0, 0.05) is 32.6 Å². The molecule has 4 heterocycles. The van der Waals surface area contributed by atoms with E-state index in [1.165, 1.54) is 23.6 Å². The summed E-state index contributed by atoms with van der Waals surface area (Å²) in [6.45, 7) is 6.39. The van der Waals surface area contributed by atoms with Crippen LogP contribution in [-0.2, 0) is 11.2 Å². The van der Waals surface area contributed by atoms with Gasteiger partial charge in [0.05, 0.1) is 41.1 Å². The number of nitrogens with zero attached hydrogens (tertiary/aromatic N) is 6. The Morgan fingerprint density at radius 2 is 2.10 bits per heavy atom. The molecule has 9 rings (SSSR count). The zero-order valence-electron chi connectivity index (χ0n) is 27.6. The van der Waals surface area contributed by atoms with Gasteiger partial charge in [0.2, 0.25) is 5.91 Å². The Morgan fingerprint density at radius 1 is 1.22 bits per heavy atom. The third-order valence-corrected chi connectivity index (χ3v) is 11.8. The van der Waals surface area contributed by atoms with E-state index >= 15 is 0 Å². The molecule has 254 valence electrons. The number of piperazine rings is 1. The fourth-order valence-corrected chi connectivity index (χ4v) is 9.13. The molecule has 3 aliphatic heterocycles. The van der Waals surface area contributed by atoms with Gasteiger partial charge in [-0.3, -0.25) is 9.69 Å². The van der Waals surface area contributed by atoms with Gasteiger partial charge in [0.15, 0.2) is 5.75 Å². The average Bonchev–Trinajstić information content (AvgIpc) is 3.98. The summed E-state index contributed by atoms with van der Waals surface area (Å²) in [4.78, 5) is 28.6. The Bertz CT molecular complexity index is 1910. The first-order valence-corrected chi connectivity index (χ1v) is 17.8. The highest BCUT2D eigenvalue weighted by molar-refractivity contribution is 6.02. The lowest BCUT2D eigenvalue weighted by molar-refractivity contribution is -0.128. The molecule has 2 saturated carbocycles. The third-order valence-electron chi connectivity index (χ3n) is 11.8. The van der Waals surface area contributed by atoms with Crippen molar-refractivity contribution in [3.63, 3.8) is 0 Å². The Balaban J connectivity index is 1.18. The maximum atomic E-state index is 14.7. The Labute approximate surface area is 285 Å². The van der Waals surface area contributed by atoms with Crippen LogP contribution in [0.5, 0.6) is 17.5 Å². The normalized spacial score (nSPS) is 28.6. The third kappa shape index (κ3) is 5.18. The predicted molar refractivity (Wildman–Crippen MR) is 182 cm³/mol. The van der Waals surface area contributed by atoms with Crippen molar-refractivity contribution < 1.29 is 23.8 Å². The highest BCUT2D eigenvalue weighted by Gasteiger charge is 2.50. The monoisotopic (exact) mass is 664 g/mol. The summed E-state index contributed by atoms with van der Waals surface area (Å²) in [5.74, 6) is 2.23. The molecule has 2 aromatic carbocycles. The number of fused-ring (bicyclic) bond motifs is 5. The number of hydrogen-bond donors (Lipinski definition) is 1. The van der Waals surface area contributed by atoms with Crippen LogP contribution in [-0.4, -0.2) is 94.0 Å². The first-order chi connectivity index (χ1) is 23.9. The van der Waals surface area contributed by atoms with Crippen LogP contribution in [0.1, 0.15) is 62.0 Å². The first kappa shape index (κ1) is 30.6. The second-order valence-corrected chi connectivity index (χ2v) is 14.9. The molecule has 3 saturated heterocycles. The van der Waals surface area contributed by atoms with Gasteiger partial charge in [-0.15, -0.1) is 0 Å². The van der Waals surface area contributed by atoms with Crippen molar-refractivity contribution in [1.82, 2.24) is 19.8 Å². The lowest BCUT2D eigenvalue weighted by Crippen LogP contribution is -2.55. The Hall–Kier alpha value is -4.43. The Kier molecular flexibility index (Phi) is 7.24. The molecule has 10 nitrogen and oxygen atoms in total. The van der Waals surface area contributed by atoms with Gasteiger partial charge in [0.25, 0.3) is 0 Å². The molecular formula is C38H41FN6O4. The number of phenolic OH excluding ortho intramolecular Hbond substituents is 1. The van der Waals surface area contributed by atoms with Crippen molar-refractivity contribution in [3.05, 3.63) is 48.0 Å². The number of aromatic nitrogens is 2. The van der Waals surface area contributed by atoms with Crippen molar-refractivity contribution in [3.8, 4) is 34.7 Å². The van der Waals surface area contributed by atoms with Gasteiger partial charge in [0.1, 0.15) is 29.9 Å². The summed E-state index contributed by atoms with van der Waals surface area (Å²) in [5.41, 5.74) is 4.44. The number of alkyl halides is 1. The van der Waals surface area contributed by atoms with Crippen LogP contribution in [0.25, 0.3) is 22.0 Å². The highest BCUT2D eigenvalue weighted by Crippen LogP contribution is 2.59. The summed E-state index contributed by atoms with van der Waals surface area (Å²) in [6.07, 6.45) is 6.92. The van der Waals surface area contributed by atoms with E-state index in [2.05, 4.69) is 35.7 Å². The molecule has 11 heteroatoms. The van der Waals surface area contributed by atoms with Crippen LogP contribution in [0.15, 0.2) is 36.9 Å². The van der Waals surface area contributed by atoms with Crippen molar-refractivity contribution in [2.75, 3.05) is 44.2 Å². The van der Waals surface area contributed by atoms with Crippen LogP contribution >= 0.6 is 0 Å². The molecule has 3 aliphatic carbocycles.